The molecule has 70 valence electrons. The number of hydrogen-bond acceptors (Lipinski definition) is 3. The van der Waals surface area contributed by atoms with Crippen molar-refractivity contribution >= 4 is 39.5 Å². The molecule has 0 radical (unpaired) electrons. The summed E-state index contributed by atoms with van der Waals surface area (Å²) in [5.41, 5.74) is 1.10. The van der Waals surface area contributed by atoms with Gasteiger partial charge in [0.1, 0.15) is 5.01 Å². The molecule has 0 bridgehead atoms. The first-order chi connectivity index (χ1) is 6.75. The minimum Gasteiger partial charge on any atom is -0.245 e. The van der Waals surface area contributed by atoms with Crippen LogP contribution >= 0.6 is 39.5 Å². The van der Waals surface area contributed by atoms with Crippen molar-refractivity contribution in [1.82, 2.24) is 4.98 Å². The number of nitrogens with zero attached hydrogens (tertiary/aromatic N) is 1. The Balaban J connectivity index is 2.50. The molecule has 1 aromatic heterocycles. The highest BCUT2D eigenvalue weighted by atomic mass is 79.9. The highest BCUT2D eigenvalue weighted by Gasteiger charge is 1.98. The van der Waals surface area contributed by atoms with E-state index in [1.807, 2.05) is 30.3 Å². The van der Waals surface area contributed by atoms with Crippen LogP contribution < -0.4 is 0 Å². The lowest BCUT2D eigenvalue weighted by Gasteiger charge is -1.98. The van der Waals surface area contributed by atoms with E-state index in [1.165, 1.54) is 11.3 Å². The molecule has 0 saturated carbocycles. The second-order valence-corrected chi connectivity index (χ2v) is 5.32. The molecule has 0 aliphatic carbocycles. The van der Waals surface area contributed by atoms with Gasteiger partial charge in [0.2, 0.25) is 0 Å². The second kappa shape index (κ2) is 4.29. The van der Waals surface area contributed by atoms with Crippen LogP contribution in [0, 0.1) is 3.82 Å². The third kappa shape index (κ3) is 2.26. The highest BCUT2D eigenvalue weighted by Crippen LogP contribution is 2.23. The van der Waals surface area contributed by atoms with Crippen molar-refractivity contribution in [3.05, 3.63) is 44.8 Å². The molecule has 14 heavy (non-hydrogen) atoms. The van der Waals surface area contributed by atoms with Gasteiger partial charge in [-0.25, -0.2) is 4.98 Å². The minimum absolute atomic E-state index is 0.859. The Morgan fingerprint density at radius 3 is 2.50 bits per heavy atom. The molecule has 1 nitrogen and oxygen atoms in total. The lowest BCUT2D eigenvalue weighted by molar-refractivity contribution is 1.38. The van der Waals surface area contributed by atoms with Crippen molar-refractivity contribution in [3.8, 4) is 10.6 Å². The molecule has 0 saturated heterocycles. The van der Waals surface area contributed by atoms with Crippen LogP contribution in [0.5, 0.6) is 0 Å². The van der Waals surface area contributed by atoms with Crippen LogP contribution in [0.25, 0.3) is 10.6 Å². The highest BCUT2D eigenvalue weighted by molar-refractivity contribution is 9.10. The Morgan fingerprint density at radius 2 is 1.86 bits per heavy atom. The van der Waals surface area contributed by atoms with Crippen LogP contribution in [0.2, 0.25) is 0 Å². The van der Waals surface area contributed by atoms with Crippen LogP contribution in [-0.4, -0.2) is 4.98 Å². The molecule has 2 rings (SSSR count). The SMILES string of the molecule is S=c1ccnc(-c2ccc(Br)cc2)s1. The molecule has 0 spiro atoms. The van der Waals surface area contributed by atoms with E-state index in [-0.39, 0.29) is 0 Å². The van der Waals surface area contributed by atoms with Gasteiger partial charge in [0, 0.05) is 16.2 Å². The van der Waals surface area contributed by atoms with Crippen molar-refractivity contribution in [1.29, 1.82) is 0 Å². The van der Waals surface area contributed by atoms with Gasteiger partial charge >= 0.3 is 0 Å². The van der Waals surface area contributed by atoms with E-state index in [2.05, 4.69) is 20.9 Å². The zero-order chi connectivity index (χ0) is 9.97. The van der Waals surface area contributed by atoms with E-state index in [9.17, 15) is 0 Å². The molecule has 2 aromatic rings. The molecule has 0 aliphatic heterocycles. The Morgan fingerprint density at radius 1 is 1.14 bits per heavy atom. The number of aromatic nitrogens is 1. The fraction of sp³-hybridized carbons (Fsp3) is 0. The zero-order valence-electron chi connectivity index (χ0n) is 7.11. The summed E-state index contributed by atoms with van der Waals surface area (Å²) in [6.07, 6.45) is 1.75. The first-order valence-corrected chi connectivity index (χ1v) is 5.99. The number of rotatable bonds is 1. The van der Waals surface area contributed by atoms with Crippen LogP contribution in [0.1, 0.15) is 0 Å². The standard InChI is InChI=1S/C10H6BrNS2/c11-8-3-1-7(2-4-8)10-12-6-5-9(13)14-10/h1-6H. The van der Waals surface area contributed by atoms with Gasteiger partial charge in [0.25, 0.3) is 0 Å². The van der Waals surface area contributed by atoms with Gasteiger partial charge in [-0.15, -0.1) is 11.3 Å². The third-order valence-corrected chi connectivity index (χ3v) is 3.48. The van der Waals surface area contributed by atoms with E-state index in [4.69, 9.17) is 12.2 Å². The van der Waals surface area contributed by atoms with Gasteiger partial charge in [-0.05, 0) is 18.2 Å². The Hall–Kier alpha value is -0.580. The summed E-state index contributed by atoms with van der Waals surface area (Å²) in [5, 5.41) is 0.963. The van der Waals surface area contributed by atoms with E-state index in [0.29, 0.717) is 0 Å². The van der Waals surface area contributed by atoms with Gasteiger partial charge in [-0.3, -0.25) is 0 Å². The summed E-state index contributed by atoms with van der Waals surface area (Å²) in [4.78, 5) is 4.28. The van der Waals surface area contributed by atoms with E-state index < -0.39 is 0 Å². The zero-order valence-corrected chi connectivity index (χ0v) is 10.3. The predicted octanol–water partition coefficient (Wildman–Crippen LogP) is 4.30. The minimum atomic E-state index is 0.859. The van der Waals surface area contributed by atoms with Gasteiger partial charge in [0.05, 0.1) is 3.82 Å². The number of benzene rings is 1. The average molecular weight is 284 g/mol. The Labute approximate surface area is 99.6 Å². The van der Waals surface area contributed by atoms with Crippen molar-refractivity contribution in [2.45, 2.75) is 0 Å². The molecule has 1 aromatic carbocycles. The largest absolute Gasteiger partial charge is 0.245 e. The molecule has 4 heteroatoms. The van der Waals surface area contributed by atoms with Crippen LogP contribution in [0.15, 0.2) is 41.0 Å². The summed E-state index contributed by atoms with van der Waals surface area (Å²) in [6, 6.07) is 9.89. The second-order valence-electron chi connectivity index (χ2n) is 2.68. The van der Waals surface area contributed by atoms with Gasteiger partial charge in [-0.1, -0.05) is 40.3 Å². The quantitative estimate of drug-likeness (QED) is 0.724. The van der Waals surface area contributed by atoms with Gasteiger partial charge < -0.3 is 0 Å². The molecule has 0 fully saturated rings. The number of halogens is 1. The predicted molar refractivity (Wildman–Crippen MR) is 66.1 cm³/mol. The summed E-state index contributed by atoms with van der Waals surface area (Å²) in [6.45, 7) is 0. The van der Waals surface area contributed by atoms with E-state index >= 15 is 0 Å². The lowest BCUT2D eigenvalue weighted by Crippen LogP contribution is -1.78. The fourth-order valence-corrected chi connectivity index (χ4v) is 2.30. The summed E-state index contributed by atoms with van der Waals surface area (Å²) < 4.78 is 1.93. The maximum absolute atomic E-state index is 5.09. The molecular weight excluding hydrogens is 278 g/mol. The monoisotopic (exact) mass is 283 g/mol. The normalized spacial score (nSPS) is 10.1. The molecule has 1 heterocycles. The van der Waals surface area contributed by atoms with E-state index in [1.54, 1.807) is 6.20 Å². The fourth-order valence-electron chi connectivity index (χ4n) is 1.05. The van der Waals surface area contributed by atoms with Crippen molar-refractivity contribution in [2.24, 2.45) is 0 Å². The van der Waals surface area contributed by atoms with Crippen LogP contribution in [0.4, 0.5) is 0 Å². The van der Waals surface area contributed by atoms with Crippen molar-refractivity contribution in [2.75, 3.05) is 0 Å². The van der Waals surface area contributed by atoms with E-state index in [0.717, 1.165) is 18.9 Å². The third-order valence-electron chi connectivity index (χ3n) is 1.69. The topological polar surface area (TPSA) is 12.9 Å². The number of hydrogen-bond donors (Lipinski definition) is 0. The van der Waals surface area contributed by atoms with Gasteiger partial charge in [-0.2, -0.15) is 0 Å². The molecular formula is C10H6BrNS2. The smallest absolute Gasteiger partial charge is 0.124 e. The Kier molecular flexibility index (Phi) is 3.05. The van der Waals surface area contributed by atoms with Crippen molar-refractivity contribution in [3.63, 3.8) is 0 Å². The van der Waals surface area contributed by atoms with Crippen molar-refractivity contribution < 1.29 is 0 Å². The maximum atomic E-state index is 5.09. The first kappa shape index (κ1) is 9.96. The molecule has 0 amide bonds. The molecule has 0 atom stereocenters. The average Bonchev–Trinajstić information content (AvgIpc) is 2.19. The molecule has 0 N–H and O–H groups in total. The summed E-state index contributed by atoms with van der Waals surface area (Å²) in [5.74, 6) is 0. The first-order valence-electron chi connectivity index (χ1n) is 3.98. The summed E-state index contributed by atoms with van der Waals surface area (Å²) in [7, 11) is 0. The Bertz CT molecular complexity index is 490. The summed E-state index contributed by atoms with van der Waals surface area (Å²) >= 11 is 10.0. The van der Waals surface area contributed by atoms with Crippen LogP contribution in [0.3, 0.4) is 0 Å². The maximum Gasteiger partial charge on any atom is 0.124 e. The van der Waals surface area contributed by atoms with Gasteiger partial charge in [0.15, 0.2) is 0 Å². The molecule has 0 aliphatic rings. The lowest BCUT2D eigenvalue weighted by atomic mass is 10.2. The van der Waals surface area contributed by atoms with Crippen LogP contribution in [-0.2, 0) is 0 Å². The molecule has 0 unspecified atom stereocenters.